The van der Waals surface area contributed by atoms with Crippen LogP contribution in [0, 0.1) is 0 Å². The van der Waals surface area contributed by atoms with Gasteiger partial charge >= 0.3 is 7.60 Å². The summed E-state index contributed by atoms with van der Waals surface area (Å²) in [6.07, 6.45) is 1.83. The van der Waals surface area contributed by atoms with E-state index < -0.39 is 7.60 Å². The molecule has 84 valence electrons. The van der Waals surface area contributed by atoms with E-state index in [0.717, 1.165) is 0 Å². The van der Waals surface area contributed by atoms with Crippen LogP contribution in [0.2, 0.25) is 0 Å². The predicted octanol–water partition coefficient (Wildman–Crippen LogP) is 1.29. The molecule has 3 N–H and O–H groups in total. The zero-order valence-electron chi connectivity index (χ0n) is 8.75. The molecule has 15 heavy (non-hydrogen) atoms. The highest BCUT2D eigenvalue weighted by Gasteiger charge is 2.27. The van der Waals surface area contributed by atoms with Crippen LogP contribution >= 0.6 is 7.60 Å². The summed E-state index contributed by atoms with van der Waals surface area (Å²) < 4.78 is 16.9. The Labute approximate surface area is 88.8 Å². The quantitative estimate of drug-likeness (QED) is 0.761. The molecule has 0 spiro atoms. The Hall–Kier alpha value is -0.900. The van der Waals surface area contributed by atoms with E-state index in [0.29, 0.717) is 6.42 Å². The zero-order valence-corrected chi connectivity index (χ0v) is 9.65. The Morgan fingerprint density at radius 1 is 1.73 bits per heavy atom. The number of nitrogen functional groups attached to an aromatic ring is 1. The zero-order chi connectivity index (χ0) is 11.5. The Morgan fingerprint density at radius 3 is 2.93 bits per heavy atom. The molecule has 0 aromatic carbocycles. The third-order valence-corrected chi connectivity index (χ3v) is 3.65. The SMILES string of the molecule is CCC(C)OP(=O)(O)c1cccnc1N. The number of nitrogens with zero attached hydrogens (tertiary/aromatic N) is 1. The molecule has 2 unspecified atom stereocenters. The molecule has 2 atom stereocenters. The first-order valence-corrected chi connectivity index (χ1v) is 6.27. The number of anilines is 1. The number of aromatic nitrogens is 1. The molecule has 0 fully saturated rings. The van der Waals surface area contributed by atoms with E-state index in [4.69, 9.17) is 10.3 Å². The Morgan fingerprint density at radius 2 is 2.40 bits per heavy atom. The van der Waals surface area contributed by atoms with Crippen molar-refractivity contribution >= 4 is 18.7 Å². The molecule has 0 aliphatic rings. The number of pyridine rings is 1. The fourth-order valence-corrected chi connectivity index (χ4v) is 2.40. The molecule has 5 nitrogen and oxygen atoms in total. The van der Waals surface area contributed by atoms with Crippen LogP contribution in [0.3, 0.4) is 0 Å². The van der Waals surface area contributed by atoms with Crippen molar-refractivity contribution in [3.05, 3.63) is 18.3 Å². The summed E-state index contributed by atoms with van der Waals surface area (Å²) in [5, 5.41) is 0.0605. The van der Waals surface area contributed by atoms with Gasteiger partial charge in [0.2, 0.25) is 0 Å². The maximum absolute atomic E-state index is 11.8. The van der Waals surface area contributed by atoms with Crippen LogP contribution in [-0.4, -0.2) is 16.0 Å². The average molecular weight is 230 g/mol. The first-order valence-electron chi connectivity index (χ1n) is 4.69. The monoisotopic (exact) mass is 230 g/mol. The van der Waals surface area contributed by atoms with Gasteiger partial charge in [0, 0.05) is 6.20 Å². The summed E-state index contributed by atoms with van der Waals surface area (Å²) >= 11 is 0. The van der Waals surface area contributed by atoms with E-state index in [1.807, 2.05) is 6.92 Å². The molecule has 0 saturated carbocycles. The van der Waals surface area contributed by atoms with Crippen molar-refractivity contribution in [2.75, 3.05) is 5.73 Å². The van der Waals surface area contributed by atoms with Crippen molar-refractivity contribution < 1.29 is 14.0 Å². The van der Waals surface area contributed by atoms with Crippen LogP contribution in [0.4, 0.5) is 5.82 Å². The molecule has 0 saturated heterocycles. The second kappa shape index (κ2) is 4.75. The summed E-state index contributed by atoms with van der Waals surface area (Å²) in [4.78, 5) is 13.4. The molecule has 0 amide bonds. The van der Waals surface area contributed by atoms with Gasteiger partial charge in [-0.1, -0.05) is 6.92 Å². The van der Waals surface area contributed by atoms with Crippen LogP contribution < -0.4 is 11.0 Å². The van der Waals surface area contributed by atoms with Crippen LogP contribution in [-0.2, 0) is 9.09 Å². The summed E-state index contributed by atoms with van der Waals surface area (Å²) in [5.74, 6) is 0.0339. The van der Waals surface area contributed by atoms with Crippen LogP contribution in [0.1, 0.15) is 20.3 Å². The number of nitrogens with two attached hydrogens (primary N) is 1. The summed E-state index contributed by atoms with van der Waals surface area (Å²) in [5.41, 5.74) is 5.50. The molecule has 6 heteroatoms. The van der Waals surface area contributed by atoms with E-state index in [1.54, 1.807) is 13.0 Å². The second-order valence-electron chi connectivity index (χ2n) is 3.25. The predicted molar refractivity (Wildman–Crippen MR) is 58.9 cm³/mol. The average Bonchev–Trinajstić information content (AvgIpc) is 2.17. The molecule has 0 aliphatic carbocycles. The fourth-order valence-electron chi connectivity index (χ4n) is 1.02. The lowest BCUT2D eigenvalue weighted by atomic mass is 10.3. The van der Waals surface area contributed by atoms with Crippen LogP contribution in [0.5, 0.6) is 0 Å². The van der Waals surface area contributed by atoms with E-state index in [1.165, 1.54) is 12.3 Å². The molecule has 1 aromatic rings. The molecule has 0 radical (unpaired) electrons. The molecular formula is C9H15N2O3P. The highest BCUT2D eigenvalue weighted by molar-refractivity contribution is 7.61. The minimum atomic E-state index is -3.84. The molecule has 1 aromatic heterocycles. The van der Waals surface area contributed by atoms with E-state index in [9.17, 15) is 9.46 Å². The maximum Gasteiger partial charge on any atom is 0.362 e. The van der Waals surface area contributed by atoms with Crippen molar-refractivity contribution in [2.24, 2.45) is 0 Å². The minimum Gasteiger partial charge on any atom is -0.383 e. The van der Waals surface area contributed by atoms with E-state index >= 15 is 0 Å². The lowest BCUT2D eigenvalue weighted by molar-refractivity contribution is 0.192. The second-order valence-corrected chi connectivity index (χ2v) is 4.99. The highest BCUT2D eigenvalue weighted by atomic mass is 31.2. The molecular weight excluding hydrogens is 215 g/mol. The lowest BCUT2D eigenvalue weighted by Crippen LogP contribution is -2.17. The van der Waals surface area contributed by atoms with Crippen LogP contribution in [0.25, 0.3) is 0 Å². The maximum atomic E-state index is 11.8. The first kappa shape index (κ1) is 12.2. The normalized spacial score (nSPS) is 17.0. The Kier molecular flexibility index (Phi) is 3.85. The van der Waals surface area contributed by atoms with Gasteiger partial charge in [-0.15, -0.1) is 0 Å². The summed E-state index contributed by atoms with van der Waals surface area (Å²) in [7, 11) is -3.84. The van der Waals surface area contributed by atoms with Gasteiger partial charge in [0.05, 0.1) is 6.10 Å². The molecule has 1 rings (SSSR count). The van der Waals surface area contributed by atoms with Crippen molar-refractivity contribution in [1.29, 1.82) is 0 Å². The highest BCUT2D eigenvalue weighted by Crippen LogP contribution is 2.43. The minimum absolute atomic E-state index is 0.0339. The van der Waals surface area contributed by atoms with Gasteiger partial charge in [-0.3, -0.25) is 4.57 Å². The van der Waals surface area contributed by atoms with Crippen molar-refractivity contribution in [1.82, 2.24) is 4.98 Å². The van der Waals surface area contributed by atoms with Gasteiger partial charge in [-0.25, -0.2) is 4.98 Å². The number of rotatable bonds is 4. The molecule has 0 bridgehead atoms. The Bertz CT molecular complexity index is 383. The largest absolute Gasteiger partial charge is 0.383 e. The van der Waals surface area contributed by atoms with Gasteiger partial charge in [0.1, 0.15) is 11.1 Å². The topological polar surface area (TPSA) is 85.4 Å². The van der Waals surface area contributed by atoms with E-state index in [2.05, 4.69) is 4.98 Å². The summed E-state index contributed by atoms with van der Waals surface area (Å²) in [6.45, 7) is 3.60. The lowest BCUT2D eigenvalue weighted by Gasteiger charge is -2.17. The van der Waals surface area contributed by atoms with Gasteiger partial charge in [0.25, 0.3) is 0 Å². The van der Waals surface area contributed by atoms with Gasteiger partial charge in [-0.2, -0.15) is 0 Å². The smallest absolute Gasteiger partial charge is 0.362 e. The van der Waals surface area contributed by atoms with Crippen molar-refractivity contribution in [3.8, 4) is 0 Å². The number of hydrogen-bond donors (Lipinski definition) is 2. The summed E-state index contributed by atoms with van der Waals surface area (Å²) in [6, 6.07) is 3.00. The molecule has 1 heterocycles. The third kappa shape index (κ3) is 3.02. The first-order chi connectivity index (χ1) is 6.97. The standard InChI is InChI=1S/C9H15N2O3P/c1-3-7(2)14-15(12,13)8-5-4-6-11-9(8)10/h4-7H,3H2,1-2H3,(H2,10,11)(H,12,13). The Balaban J connectivity index is 2.96. The van der Waals surface area contributed by atoms with Gasteiger partial charge < -0.3 is 15.2 Å². The number of hydrogen-bond acceptors (Lipinski definition) is 4. The van der Waals surface area contributed by atoms with E-state index in [-0.39, 0.29) is 17.2 Å². The fraction of sp³-hybridized carbons (Fsp3) is 0.444. The third-order valence-electron chi connectivity index (χ3n) is 2.02. The van der Waals surface area contributed by atoms with Crippen molar-refractivity contribution in [2.45, 2.75) is 26.4 Å². The van der Waals surface area contributed by atoms with Crippen LogP contribution in [0.15, 0.2) is 18.3 Å². The molecule has 0 aliphatic heterocycles. The van der Waals surface area contributed by atoms with Gasteiger partial charge in [-0.05, 0) is 25.5 Å². The van der Waals surface area contributed by atoms with Gasteiger partial charge in [0.15, 0.2) is 0 Å². The van der Waals surface area contributed by atoms with Crippen molar-refractivity contribution in [3.63, 3.8) is 0 Å².